The number of carbonyl (C=O) groups excluding carboxylic acids is 1. The van der Waals surface area contributed by atoms with E-state index in [1.165, 1.54) is 19.2 Å². The molecule has 1 atom stereocenters. The highest BCUT2D eigenvalue weighted by Crippen LogP contribution is 2.20. The third kappa shape index (κ3) is 3.16. The molecule has 1 aromatic heterocycles. The number of nitrogens with one attached hydrogen (secondary N) is 1. The number of pyridine rings is 1. The highest BCUT2D eigenvalue weighted by atomic mass is 19.1. The molecule has 0 fully saturated rings. The van der Waals surface area contributed by atoms with Gasteiger partial charge in [-0.2, -0.15) is 0 Å². The van der Waals surface area contributed by atoms with Crippen LogP contribution < -0.4 is 11.1 Å². The number of carbonyl (C=O) groups is 1. The Hall–Kier alpha value is -2.18. The Morgan fingerprint density at radius 3 is 3.00 bits per heavy atom. The van der Waals surface area contributed by atoms with E-state index in [2.05, 4.69) is 20.3 Å². The van der Waals surface area contributed by atoms with Crippen molar-refractivity contribution in [1.82, 2.24) is 10.3 Å². The predicted molar refractivity (Wildman–Crippen MR) is 62.8 cm³/mol. The smallest absolute Gasteiger partial charge is 0.242 e. The number of primary amides is 1. The Morgan fingerprint density at radius 1 is 1.72 bits per heavy atom. The molecule has 0 aliphatic carbocycles. The van der Waals surface area contributed by atoms with Crippen LogP contribution >= 0.6 is 0 Å². The monoisotopic (exact) mass is 252 g/mol. The van der Waals surface area contributed by atoms with Crippen LogP contribution in [0.5, 0.6) is 0 Å². The minimum Gasteiger partial charge on any atom is -0.368 e. The molecular weight excluding hydrogens is 239 g/mol. The number of rotatable bonds is 6. The maximum atomic E-state index is 13.1. The van der Waals surface area contributed by atoms with Crippen LogP contribution in [0.4, 0.5) is 4.39 Å². The van der Waals surface area contributed by atoms with Gasteiger partial charge in [-0.15, -0.1) is 0 Å². The minimum atomic E-state index is -1.26. The molecule has 0 saturated carbocycles. The van der Waals surface area contributed by atoms with Gasteiger partial charge in [-0.1, -0.05) is 5.11 Å². The lowest BCUT2D eigenvalue weighted by Gasteiger charge is -2.27. The molecule has 3 N–H and O–H groups in total. The fourth-order valence-electron chi connectivity index (χ4n) is 1.42. The molecule has 1 aromatic rings. The number of nitrogens with two attached hydrogens (primary N) is 1. The highest BCUT2D eigenvalue weighted by Gasteiger charge is 2.33. The van der Waals surface area contributed by atoms with Crippen LogP contribution in [0.2, 0.25) is 0 Å². The first kappa shape index (κ1) is 13.9. The van der Waals surface area contributed by atoms with Crippen molar-refractivity contribution in [2.24, 2.45) is 10.8 Å². The molecule has 1 unspecified atom stereocenters. The fraction of sp³-hybridized carbons (Fsp3) is 0.400. The van der Waals surface area contributed by atoms with Crippen LogP contribution in [-0.2, 0) is 10.3 Å². The lowest BCUT2D eigenvalue weighted by atomic mass is 9.92. The number of hydrogen-bond donors (Lipinski definition) is 2. The summed E-state index contributed by atoms with van der Waals surface area (Å²) in [6.45, 7) is 1.91. The standard InChI is InChI=1S/C10H13FN6O/c1-10(9(12)18,15-2-3-16-17-13)7-4-8(11)6-14-5-7/h4-6,15H,2-3H2,1H3,(H2,12,18). The van der Waals surface area contributed by atoms with Crippen LogP contribution in [0.25, 0.3) is 10.4 Å². The molecule has 0 spiro atoms. The number of azide groups is 1. The quantitative estimate of drug-likeness (QED) is 0.338. The summed E-state index contributed by atoms with van der Waals surface area (Å²) in [4.78, 5) is 17.8. The Kier molecular flexibility index (Phi) is 4.59. The zero-order valence-electron chi connectivity index (χ0n) is 9.80. The van der Waals surface area contributed by atoms with Crippen LogP contribution in [0, 0.1) is 5.82 Å². The summed E-state index contributed by atoms with van der Waals surface area (Å²) in [6, 6.07) is 1.18. The Morgan fingerprint density at radius 2 is 2.44 bits per heavy atom. The molecule has 0 aliphatic rings. The van der Waals surface area contributed by atoms with Crippen molar-refractivity contribution >= 4 is 5.91 Å². The van der Waals surface area contributed by atoms with Crippen molar-refractivity contribution in [2.45, 2.75) is 12.5 Å². The molecule has 7 nitrogen and oxygen atoms in total. The zero-order valence-corrected chi connectivity index (χ0v) is 9.80. The molecule has 8 heteroatoms. The topological polar surface area (TPSA) is 117 Å². The summed E-state index contributed by atoms with van der Waals surface area (Å²) in [6.07, 6.45) is 2.39. The molecule has 96 valence electrons. The normalized spacial score (nSPS) is 13.4. The summed E-state index contributed by atoms with van der Waals surface area (Å²) < 4.78 is 13.1. The zero-order chi connectivity index (χ0) is 13.6. The second-order valence-electron chi connectivity index (χ2n) is 3.76. The summed E-state index contributed by atoms with van der Waals surface area (Å²) in [7, 11) is 0. The summed E-state index contributed by atoms with van der Waals surface area (Å²) in [5.41, 5.74) is 12.5. The van der Waals surface area contributed by atoms with Gasteiger partial charge in [0.15, 0.2) is 0 Å². The molecule has 0 bridgehead atoms. The van der Waals surface area contributed by atoms with Crippen molar-refractivity contribution in [1.29, 1.82) is 0 Å². The van der Waals surface area contributed by atoms with Crippen LogP contribution in [-0.4, -0.2) is 24.0 Å². The van der Waals surface area contributed by atoms with Crippen LogP contribution in [0.3, 0.4) is 0 Å². The highest BCUT2D eigenvalue weighted by molar-refractivity contribution is 5.85. The maximum Gasteiger partial charge on any atom is 0.242 e. The fourth-order valence-corrected chi connectivity index (χ4v) is 1.42. The molecule has 1 amide bonds. The molecule has 0 aliphatic heterocycles. The second kappa shape index (κ2) is 5.95. The van der Waals surface area contributed by atoms with Gasteiger partial charge in [0.1, 0.15) is 11.4 Å². The van der Waals surface area contributed by atoms with Gasteiger partial charge in [0.25, 0.3) is 0 Å². The first-order valence-corrected chi connectivity index (χ1v) is 5.17. The van der Waals surface area contributed by atoms with Crippen LogP contribution in [0.15, 0.2) is 23.6 Å². The number of aromatic nitrogens is 1. The molecule has 0 radical (unpaired) electrons. The minimum absolute atomic E-state index is 0.155. The number of hydrogen-bond acceptors (Lipinski definition) is 4. The maximum absolute atomic E-state index is 13.1. The largest absolute Gasteiger partial charge is 0.368 e. The van der Waals surface area contributed by atoms with E-state index in [1.54, 1.807) is 0 Å². The van der Waals surface area contributed by atoms with Gasteiger partial charge in [0.2, 0.25) is 5.91 Å². The number of halogens is 1. The average Bonchev–Trinajstić information content (AvgIpc) is 2.34. The SMILES string of the molecule is CC(NCCN=[N+]=[N-])(C(N)=O)c1cncc(F)c1. The predicted octanol–water partition coefficient (Wildman–Crippen LogP) is 0.821. The Bertz CT molecular complexity index is 487. The van der Waals surface area contributed by atoms with Gasteiger partial charge in [-0.3, -0.25) is 15.1 Å². The lowest BCUT2D eigenvalue weighted by Crippen LogP contribution is -2.51. The van der Waals surface area contributed by atoms with Gasteiger partial charge < -0.3 is 5.73 Å². The summed E-state index contributed by atoms with van der Waals surface area (Å²) in [5, 5.41) is 6.15. The lowest BCUT2D eigenvalue weighted by molar-refractivity contribution is -0.124. The molecule has 18 heavy (non-hydrogen) atoms. The molecular formula is C10H13FN6O. The van der Waals surface area contributed by atoms with Crippen LogP contribution in [0.1, 0.15) is 12.5 Å². The van der Waals surface area contributed by atoms with Crippen molar-refractivity contribution < 1.29 is 9.18 Å². The van der Waals surface area contributed by atoms with Gasteiger partial charge >= 0.3 is 0 Å². The molecule has 0 aromatic carbocycles. The van der Waals surface area contributed by atoms with Gasteiger partial charge in [0.05, 0.1) is 6.20 Å². The first-order valence-electron chi connectivity index (χ1n) is 5.17. The summed E-state index contributed by atoms with van der Waals surface area (Å²) in [5.74, 6) is -1.23. The average molecular weight is 252 g/mol. The van der Waals surface area contributed by atoms with Crippen molar-refractivity contribution in [2.75, 3.05) is 13.1 Å². The van der Waals surface area contributed by atoms with Gasteiger partial charge in [0, 0.05) is 29.8 Å². The van der Waals surface area contributed by atoms with Crippen molar-refractivity contribution in [3.63, 3.8) is 0 Å². The Labute approximate surface area is 103 Å². The van der Waals surface area contributed by atoms with E-state index in [4.69, 9.17) is 11.3 Å². The van der Waals surface area contributed by atoms with Gasteiger partial charge in [-0.25, -0.2) is 4.39 Å². The Balaban J connectivity index is 2.93. The van der Waals surface area contributed by atoms with E-state index in [0.29, 0.717) is 5.56 Å². The van der Waals surface area contributed by atoms with E-state index in [0.717, 1.165) is 6.20 Å². The van der Waals surface area contributed by atoms with Crippen molar-refractivity contribution in [3.8, 4) is 0 Å². The third-order valence-corrected chi connectivity index (χ3v) is 2.53. The second-order valence-corrected chi connectivity index (χ2v) is 3.76. The van der Waals surface area contributed by atoms with E-state index < -0.39 is 17.3 Å². The van der Waals surface area contributed by atoms with E-state index in [-0.39, 0.29) is 13.1 Å². The molecule has 0 saturated heterocycles. The van der Waals surface area contributed by atoms with E-state index in [1.807, 2.05) is 0 Å². The first-order chi connectivity index (χ1) is 8.50. The number of nitrogens with zero attached hydrogens (tertiary/aromatic N) is 4. The van der Waals surface area contributed by atoms with Crippen molar-refractivity contribution in [3.05, 3.63) is 40.3 Å². The molecule has 1 heterocycles. The van der Waals surface area contributed by atoms with Gasteiger partial charge in [-0.05, 0) is 18.5 Å². The van der Waals surface area contributed by atoms with E-state index in [9.17, 15) is 9.18 Å². The number of amides is 1. The third-order valence-electron chi connectivity index (χ3n) is 2.53. The van der Waals surface area contributed by atoms with E-state index >= 15 is 0 Å². The summed E-state index contributed by atoms with van der Waals surface area (Å²) >= 11 is 0. The molecule has 1 rings (SSSR count).